The number of carboxylic acids is 1. The van der Waals surface area contributed by atoms with E-state index < -0.39 is 5.97 Å². The maximum Gasteiger partial charge on any atom is 0.329 e. The summed E-state index contributed by atoms with van der Waals surface area (Å²) in [5, 5.41) is 8.35. The van der Waals surface area contributed by atoms with Crippen LogP contribution in [0.25, 0.3) is 0 Å². The zero-order valence-corrected chi connectivity index (χ0v) is 15.4. The van der Waals surface area contributed by atoms with E-state index in [2.05, 4.69) is 6.58 Å². The molecule has 0 unspecified atom stereocenters. The van der Waals surface area contributed by atoms with E-state index >= 15 is 0 Å². The Morgan fingerprint density at radius 2 is 0.923 bits per heavy atom. The van der Waals surface area contributed by atoms with Crippen LogP contribution in [0.15, 0.2) is 12.7 Å². The highest BCUT2D eigenvalue weighted by Crippen LogP contribution is 1.85. The van der Waals surface area contributed by atoms with Gasteiger partial charge in [0.25, 0.3) is 0 Å². The molecule has 9 heteroatoms. The molecule has 0 saturated carbocycles. The maximum absolute atomic E-state index is 10.2. The Balaban J connectivity index is 2.99. The first kappa shape index (κ1) is 24.9. The zero-order chi connectivity index (χ0) is 19.1. The topological polar surface area (TPSA) is 102 Å². The fourth-order valence-electron chi connectivity index (χ4n) is 1.54. The number of carbonyl (C=O) groups is 1. The van der Waals surface area contributed by atoms with Crippen molar-refractivity contribution in [2.24, 2.45) is 0 Å². The first-order chi connectivity index (χ1) is 12.8. The number of hydrogen-bond donors (Lipinski definition) is 1. The molecule has 0 fully saturated rings. The van der Waals surface area contributed by atoms with Gasteiger partial charge in [0.15, 0.2) is 0 Å². The highest BCUT2D eigenvalue weighted by atomic mass is 16.6. The van der Waals surface area contributed by atoms with Gasteiger partial charge >= 0.3 is 5.97 Å². The highest BCUT2D eigenvalue weighted by molar-refractivity contribution is 5.67. The molecule has 0 aromatic carbocycles. The summed E-state index contributed by atoms with van der Waals surface area (Å²) in [7, 11) is 0. The Kier molecular flexibility index (Phi) is 21.1. The average molecular weight is 380 g/mol. The predicted octanol–water partition coefficient (Wildman–Crippen LogP) is 0.373. The van der Waals surface area contributed by atoms with E-state index in [4.69, 9.17) is 38.3 Å². The van der Waals surface area contributed by atoms with E-state index in [1.807, 2.05) is 0 Å². The van der Waals surface area contributed by atoms with Crippen molar-refractivity contribution in [2.45, 2.75) is 0 Å². The van der Waals surface area contributed by atoms with E-state index in [1.54, 1.807) is 6.08 Å². The summed E-state index contributed by atoms with van der Waals surface area (Å²) in [5.74, 6) is -0.989. The van der Waals surface area contributed by atoms with Crippen LogP contribution in [0.2, 0.25) is 0 Å². The van der Waals surface area contributed by atoms with Crippen molar-refractivity contribution < 1.29 is 43.1 Å². The number of carboxylic acid groups (broad SMARTS) is 1. The summed E-state index contributed by atoms with van der Waals surface area (Å²) in [6.07, 6.45) is 1.70. The van der Waals surface area contributed by atoms with Crippen molar-refractivity contribution in [3.63, 3.8) is 0 Å². The van der Waals surface area contributed by atoms with Crippen LogP contribution in [0.5, 0.6) is 0 Å². The first-order valence-corrected chi connectivity index (χ1v) is 8.64. The third-order valence-electron chi connectivity index (χ3n) is 2.69. The summed E-state index contributed by atoms with van der Waals surface area (Å²) in [5.41, 5.74) is 0. The Morgan fingerprint density at radius 1 is 0.615 bits per heavy atom. The minimum absolute atomic E-state index is 0.254. The van der Waals surface area contributed by atoms with Gasteiger partial charge in [-0.1, -0.05) is 6.08 Å². The van der Waals surface area contributed by atoms with E-state index in [0.29, 0.717) is 79.3 Å². The third kappa shape index (κ3) is 22.9. The lowest BCUT2D eigenvalue weighted by Crippen LogP contribution is -2.15. The summed E-state index contributed by atoms with van der Waals surface area (Å²) < 4.78 is 36.5. The normalized spacial score (nSPS) is 10.9. The van der Waals surface area contributed by atoms with Gasteiger partial charge in [-0.3, -0.25) is 0 Å². The minimum Gasteiger partial charge on any atom is -0.480 e. The number of rotatable bonds is 22. The SMILES string of the molecule is C=CCOCCOCCOCCOCCOCCOCCOCC(=O)O. The summed E-state index contributed by atoms with van der Waals surface area (Å²) in [6, 6.07) is 0. The number of ether oxygens (including phenoxy) is 7. The lowest BCUT2D eigenvalue weighted by atomic mass is 10.6. The van der Waals surface area contributed by atoms with Crippen molar-refractivity contribution in [1.29, 1.82) is 0 Å². The molecule has 0 spiro atoms. The molecule has 0 bridgehead atoms. The fraction of sp³-hybridized carbons (Fsp3) is 0.824. The zero-order valence-electron chi connectivity index (χ0n) is 15.4. The predicted molar refractivity (Wildman–Crippen MR) is 93.6 cm³/mol. The van der Waals surface area contributed by atoms with Crippen LogP contribution in [0.1, 0.15) is 0 Å². The molecule has 0 heterocycles. The van der Waals surface area contributed by atoms with Crippen molar-refractivity contribution in [3.05, 3.63) is 12.7 Å². The molecule has 0 aromatic heterocycles. The van der Waals surface area contributed by atoms with Gasteiger partial charge in [0, 0.05) is 0 Å². The van der Waals surface area contributed by atoms with Crippen LogP contribution >= 0.6 is 0 Å². The van der Waals surface area contributed by atoms with E-state index in [-0.39, 0.29) is 13.2 Å². The molecule has 0 radical (unpaired) electrons. The molecule has 0 aromatic rings. The van der Waals surface area contributed by atoms with Gasteiger partial charge in [-0.05, 0) is 0 Å². The Bertz CT molecular complexity index is 313. The van der Waals surface area contributed by atoms with E-state index in [9.17, 15) is 4.79 Å². The quantitative estimate of drug-likeness (QED) is 0.211. The summed E-state index contributed by atoms with van der Waals surface area (Å²) >= 11 is 0. The molecule has 9 nitrogen and oxygen atoms in total. The second-order valence-electron chi connectivity index (χ2n) is 4.87. The average Bonchev–Trinajstić information content (AvgIpc) is 2.62. The molecular weight excluding hydrogens is 348 g/mol. The lowest BCUT2D eigenvalue weighted by Gasteiger charge is -2.08. The van der Waals surface area contributed by atoms with Crippen LogP contribution in [-0.4, -0.2) is 104 Å². The summed E-state index contributed by atoms with van der Waals surface area (Å²) in [6.45, 7) is 9.40. The Hall–Kier alpha value is -1.07. The first-order valence-electron chi connectivity index (χ1n) is 8.64. The molecule has 0 aliphatic carbocycles. The molecule has 0 atom stereocenters. The minimum atomic E-state index is -0.989. The van der Waals surface area contributed by atoms with Crippen LogP contribution in [0.3, 0.4) is 0 Å². The smallest absolute Gasteiger partial charge is 0.329 e. The summed E-state index contributed by atoms with van der Waals surface area (Å²) in [4.78, 5) is 10.2. The lowest BCUT2D eigenvalue weighted by molar-refractivity contribution is -0.142. The molecule has 0 saturated heterocycles. The Labute approximate surface area is 155 Å². The van der Waals surface area contributed by atoms with Gasteiger partial charge in [0.2, 0.25) is 0 Å². The maximum atomic E-state index is 10.2. The van der Waals surface area contributed by atoms with E-state index in [1.165, 1.54) is 0 Å². The molecule has 26 heavy (non-hydrogen) atoms. The molecule has 154 valence electrons. The van der Waals surface area contributed by atoms with Crippen molar-refractivity contribution >= 4 is 5.97 Å². The highest BCUT2D eigenvalue weighted by Gasteiger charge is 1.96. The monoisotopic (exact) mass is 380 g/mol. The van der Waals surface area contributed by atoms with Crippen LogP contribution in [-0.2, 0) is 38.0 Å². The third-order valence-corrected chi connectivity index (χ3v) is 2.69. The van der Waals surface area contributed by atoms with Gasteiger partial charge in [0.05, 0.1) is 85.9 Å². The number of hydrogen-bond acceptors (Lipinski definition) is 8. The van der Waals surface area contributed by atoms with Crippen LogP contribution < -0.4 is 0 Å². The van der Waals surface area contributed by atoms with Gasteiger partial charge in [-0.15, -0.1) is 6.58 Å². The van der Waals surface area contributed by atoms with Crippen LogP contribution in [0, 0.1) is 0 Å². The molecule has 0 aliphatic heterocycles. The number of aliphatic carboxylic acids is 1. The molecule has 0 amide bonds. The molecule has 0 aliphatic rings. The van der Waals surface area contributed by atoms with Gasteiger partial charge in [-0.25, -0.2) is 4.79 Å². The van der Waals surface area contributed by atoms with Crippen LogP contribution in [0.4, 0.5) is 0 Å². The Morgan fingerprint density at radius 3 is 1.23 bits per heavy atom. The van der Waals surface area contributed by atoms with Gasteiger partial charge in [0.1, 0.15) is 6.61 Å². The van der Waals surface area contributed by atoms with Crippen molar-refractivity contribution in [1.82, 2.24) is 0 Å². The largest absolute Gasteiger partial charge is 0.480 e. The molecule has 1 N–H and O–H groups in total. The van der Waals surface area contributed by atoms with Gasteiger partial charge in [-0.2, -0.15) is 0 Å². The second kappa shape index (κ2) is 22.0. The van der Waals surface area contributed by atoms with Crippen molar-refractivity contribution in [3.8, 4) is 0 Å². The molecule has 0 rings (SSSR count). The van der Waals surface area contributed by atoms with Gasteiger partial charge < -0.3 is 38.3 Å². The van der Waals surface area contributed by atoms with Crippen molar-refractivity contribution in [2.75, 3.05) is 92.5 Å². The fourth-order valence-corrected chi connectivity index (χ4v) is 1.54. The second-order valence-corrected chi connectivity index (χ2v) is 4.87. The molecular formula is C17H32O9. The standard InChI is InChI=1S/C17H32O9/c1-2-3-20-4-5-21-6-7-22-8-9-23-10-11-24-12-13-25-14-15-26-16-17(18)19/h2H,1,3-16H2,(H,18,19). The van der Waals surface area contributed by atoms with E-state index in [0.717, 1.165) is 0 Å².